The highest BCUT2D eigenvalue weighted by Gasteiger charge is 2.34. The molecule has 2 amide bonds. The predicted octanol–water partition coefficient (Wildman–Crippen LogP) is 2.39. The van der Waals surface area contributed by atoms with E-state index in [1.807, 2.05) is 30.3 Å². The topological polar surface area (TPSA) is 75.4 Å². The average molecular weight is 327 g/mol. The van der Waals surface area contributed by atoms with E-state index in [2.05, 4.69) is 10.3 Å². The van der Waals surface area contributed by atoms with Crippen molar-refractivity contribution in [2.45, 2.75) is 32.2 Å². The number of likely N-dealkylation sites (tertiary alicyclic amines) is 1. The zero-order valence-corrected chi connectivity index (χ0v) is 13.9. The number of aryl methyl sites for hydroxylation is 1. The zero-order valence-electron chi connectivity index (χ0n) is 13.9. The van der Waals surface area contributed by atoms with Crippen LogP contribution in [0.1, 0.15) is 35.5 Å². The maximum Gasteiger partial charge on any atom is 0.276 e. The predicted molar refractivity (Wildman–Crippen MR) is 89.4 cm³/mol. The number of benzene rings is 1. The van der Waals surface area contributed by atoms with Gasteiger partial charge in [-0.15, -0.1) is 0 Å². The van der Waals surface area contributed by atoms with Gasteiger partial charge in [0.15, 0.2) is 5.69 Å². The molecule has 1 unspecified atom stereocenters. The quantitative estimate of drug-likeness (QED) is 0.939. The average Bonchev–Trinajstić information content (AvgIpc) is 3.03. The van der Waals surface area contributed by atoms with Gasteiger partial charge in [0.2, 0.25) is 11.8 Å². The van der Waals surface area contributed by atoms with Crippen LogP contribution in [-0.4, -0.2) is 41.3 Å². The molecule has 1 saturated heterocycles. The summed E-state index contributed by atoms with van der Waals surface area (Å²) >= 11 is 0. The van der Waals surface area contributed by atoms with E-state index in [0.29, 0.717) is 24.6 Å². The molecule has 1 aromatic heterocycles. The first-order chi connectivity index (χ1) is 11.6. The molecular formula is C18H21N3O3. The SMILES string of the molecule is CNC(=O)C1CCCCN1C(=O)c1nc(-c2ccccc2)oc1C. The van der Waals surface area contributed by atoms with Crippen LogP contribution in [-0.2, 0) is 4.79 Å². The first kappa shape index (κ1) is 16.2. The monoisotopic (exact) mass is 327 g/mol. The molecule has 0 aliphatic carbocycles. The molecule has 2 aromatic rings. The van der Waals surface area contributed by atoms with E-state index in [4.69, 9.17) is 4.42 Å². The Balaban J connectivity index is 1.89. The van der Waals surface area contributed by atoms with Crippen LogP contribution in [0.2, 0.25) is 0 Å². The minimum Gasteiger partial charge on any atom is -0.441 e. The standard InChI is InChI=1S/C18H21N3O3/c1-12-15(20-17(24-12)13-8-4-3-5-9-13)18(23)21-11-7-6-10-14(21)16(22)19-2/h3-5,8-9,14H,6-7,10-11H2,1-2H3,(H,19,22). The van der Waals surface area contributed by atoms with Crippen molar-refractivity contribution in [1.29, 1.82) is 0 Å². The smallest absolute Gasteiger partial charge is 0.276 e. The van der Waals surface area contributed by atoms with Crippen molar-refractivity contribution >= 4 is 11.8 Å². The summed E-state index contributed by atoms with van der Waals surface area (Å²) in [4.78, 5) is 31.0. The lowest BCUT2D eigenvalue weighted by Crippen LogP contribution is -2.51. The van der Waals surface area contributed by atoms with Crippen molar-refractivity contribution in [3.05, 3.63) is 41.8 Å². The second-order valence-corrected chi connectivity index (χ2v) is 5.91. The summed E-state index contributed by atoms with van der Waals surface area (Å²) in [6.45, 7) is 2.29. The van der Waals surface area contributed by atoms with Crippen molar-refractivity contribution < 1.29 is 14.0 Å². The number of piperidine rings is 1. The van der Waals surface area contributed by atoms with Crippen LogP contribution in [0, 0.1) is 6.92 Å². The van der Waals surface area contributed by atoms with Crippen molar-refractivity contribution in [1.82, 2.24) is 15.2 Å². The summed E-state index contributed by atoms with van der Waals surface area (Å²) in [5.41, 5.74) is 1.10. The van der Waals surface area contributed by atoms with Gasteiger partial charge in [-0.1, -0.05) is 18.2 Å². The van der Waals surface area contributed by atoms with Crippen LogP contribution in [0.3, 0.4) is 0 Å². The Morgan fingerprint density at radius 2 is 2.00 bits per heavy atom. The molecule has 1 aliphatic rings. The number of nitrogens with one attached hydrogen (secondary N) is 1. The van der Waals surface area contributed by atoms with Crippen molar-refractivity contribution in [2.24, 2.45) is 0 Å². The molecule has 0 bridgehead atoms. The van der Waals surface area contributed by atoms with Gasteiger partial charge >= 0.3 is 0 Å². The Morgan fingerprint density at radius 3 is 2.71 bits per heavy atom. The van der Waals surface area contributed by atoms with E-state index in [9.17, 15) is 9.59 Å². The molecule has 0 radical (unpaired) electrons. The number of hydrogen-bond acceptors (Lipinski definition) is 4. The number of amides is 2. The molecule has 0 spiro atoms. The Morgan fingerprint density at radius 1 is 1.25 bits per heavy atom. The van der Waals surface area contributed by atoms with Crippen LogP contribution < -0.4 is 5.32 Å². The van der Waals surface area contributed by atoms with E-state index in [1.165, 1.54) is 0 Å². The maximum atomic E-state index is 12.9. The highest BCUT2D eigenvalue weighted by molar-refractivity contribution is 5.97. The molecule has 1 atom stereocenters. The third kappa shape index (κ3) is 3.04. The van der Waals surface area contributed by atoms with Gasteiger partial charge < -0.3 is 14.6 Å². The molecule has 6 nitrogen and oxygen atoms in total. The van der Waals surface area contributed by atoms with E-state index in [0.717, 1.165) is 18.4 Å². The molecule has 2 heterocycles. The lowest BCUT2D eigenvalue weighted by Gasteiger charge is -2.33. The molecule has 24 heavy (non-hydrogen) atoms. The summed E-state index contributed by atoms with van der Waals surface area (Å²) in [6.07, 6.45) is 2.50. The number of carbonyl (C=O) groups is 2. The molecule has 1 N–H and O–H groups in total. The van der Waals surface area contributed by atoms with Gasteiger partial charge in [-0.05, 0) is 38.3 Å². The number of nitrogens with zero attached hydrogens (tertiary/aromatic N) is 2. The summed E-state index contributed by atoms with van der Waals surface area (Å²) in [7, 11) is 1.59. The Kier molecular flexibility index (Phi) is 4.64. The second-order valence-electron chi connectivity index (χ2n) is 5.91. The Bertz CT molecular complexity index is 739. The number of likely N-dealkylation sites (N-methyl/N-ethyl adjacent to an activating group) is 1. The van der Waals surface area contributed by atoms with E-state index in [1.54, 1.807) is 18.9 Å². The molecule has 1 aliphatic heterocycles. The lowest BCUT2D eigenvalue weighted by atomic mass is 10.0. The fraction of sp³-hybridized carbons (Fsp3) is 0.389. The highest BCUT2D eigenvalue weighted by atomic mass is 16.4. The fourth-order valence-electron chi connectivity index (χ4n) is 3.05. The van der Waals surface area contributed by atoms with Crippen molar-refractivity contribution in [2.75, 3.05) is 13.6 Å². The lowest BCUT2D eigenvalue weighted by molar-refractivity contribution is -0.126. The number of carbonyl (C=O) groups excluding carboxylic acids is 2. The Hall–Kier alpha value is -2.63. The second kappa shape index (κ2) is 6.86. The van der Waals surface area contributed by atoms with Gasteiger partial charge in [-0.2, -0.15) is 0 Å². The summed E-state index contributed by atoms with van der Waals surface area (Å²) in [5.74, 6) is 0.518. The minimum absolute atomic E-state index is 0.132. The minimum atomic E-state index is -0.437. The van der Waals surface area contributed by atoms with Crippen molar-refractivity contribution in [3.63, 3.8) is 0 Å². The van der Waals surface area contributed by atoms with Gasteiger partial charge in [-0.3, -0.25) is 9.59 Å². The molecule has 1 fully saturated rings. The molecule has 3 rings (SSSR count). The summed E-state index contributed by atoms with van der Waals surface area (Å²) in [6, 6.07) is 9.02. The van der Waals surface area contributed by atoms with Gasteiger partial charge in [0, 0.05) is 19.2 Å². The normalized spacial score (nSPS) is 17.6. The maximum absolute atomic E-state index is 12.9. The van der Waals surface area contributed by atoms with Gasteiger partial charge in [0.05, 0.1) is 0 Å². The first-order valence-corrected chi connectivity index (χ1v) is 8.17. The number of aromatic nitrogens is 1. The number of hydrogen-bond donors (Lipinski definition) is 1. The van der Waals surface area contributed by atoms with E-state index >= 15 is 0 Å². The van der Waals surface area contributed by atoms with Crippen LogP contribution in [0.15, 0.2) is 34.7 Å². The van der Waals surface area contributed by atoms with Crippen LogP contribution in [0.5, 0.6) is 0 Å². The van der Waals surface area contributed by atoms with Crippen molar-refractivity contribution in [3.8, 4) is 11.5 Å². The largest absolute Gasteiger partial charge is 0.441 e. The van der Waals surface area contributed by atoms with Gasteiger partial charge in [-0.25, -0.2) is 4.98 Å². The molecule has 0 saturated carbocycles. The van der Waals surface area contributed by atoms with Gasteiger partial charge in [0.25, 0.3) is 5.91 Å². The van der Waals surface area contributed by atoms with Crippen LogP contribution in [0.25, 0.3) is 11.5 Å². The number of rotatable bonds is 3. The summed E-state index contributed by atoms with van der Waals surface area (Å²) in [5, 5.41) is 2.64. The first-order valence-electron chi connectivity index (χ1n) is 8.17. The third-order valence-corrected chi connectivity index (χ3v) is 4.33. The highest BCUT2D eigenvalue weighted by Crippen LogP contribution is 2.25. The third-order valence-electron chi connectivity index (χ3n) is 4.33. The summed E-state index contributed by atoms with van der Waals surface area (Å²) < 4.78 is 5.68. The van der Waals surface area contributed by atoms with E-state index < -0.39 is 6.04 Å². The molecule has 6 heteroatoms. The molecular weight excluding hydrogens is 306 g/mol. The number of oxazole rings is 1. The zero-order chi connectivity index (χ0) is 17.1. The molecule has 1 aromatic carbocycles. The van der Waals surface area contributed by atoms with Crippen LogP contribution in [0.4, 0.5) is 0 Å². The molecule has 126 valence electrons. The van der Waals surface area contributed by atoms with E-state index in [-0.39, 0.29) is 17.5 Å². The fourth-order valence-corrected chi connectivity index (χ4v) is 3.05. The van der Waals surface area contributed by atoms with Gasteiger partial charge in [0.1, 0.15) is 11.8 Å². The van der Waals surface area contributed by atoms with Crippen LogP contribution >= 0.6 is 0 Å². The Labute approximate surface area is 140 Å².